The lowest BCUT2D eigenvalue weighted by Gasteiger charge is -2.29. The van der Waals surface area contributed by atoms with E-state index < -0.39 is 5.54 Å². The standard InChI is InChI=1S/C17H25N3O/c1-17(18,13-5-6-13)16(21)19-14-7-9-15(10-8-14)20-11-3-2-4-12-20/h7-10,13H,2-6,11-12,18H2,1H3,(H,19,21). The molecule has 1 saturated carbocycles. The zero-order valence-electron chi connectivity index (χ0n) is 12.8. The van der Waals surface area contributed by atoms with Crippen molar-refractivity contribution in [3.63, 3.8) is 0 Å². The van der Waals surface area contributed by atoms with Crippen molar-refractivity contribution in [2.24, 2.45) is 11.7 Å². The first-order valence-electron chi connectivity index (χ1n) is 8.03. The van der Waals surface area contributed by atoms with E-state index in [9.17, 15) is 4.79 Å². The van der Waals surface area contributed by atoms with Crippen LogP contribution >= 0.6 is 0 Å². The number of nitrogens with one attached hydrogen (secondary N) is 1. The Morgan fingerprint density at radius 2 is 1.81 bits per heavy atom. The summed E-state index contributed by atoms with van der Waals surface area (Å²) in [6.07, 6.45) is 6.00. The monoisotopic (exact) mass is 287 g/mol. The van der Waals surface area contributed by atoms with Crippen molar-refractivity contribution in [2.75, 3.05) is 23.3 Å². The summed E-state index contributed by atoms with van der Waals surface area (Å²) in [5, 5.41) is 2.95. The maximum Gasteiger partial charge on any atom is 0.244 e. The average molecular weight is 287 g/mol. The summed E-state index contributed by atoms with van der Waals surface area (Å²) in [5.74, 6) is 0.265. The van der Waals surface area contributed by atoms with Gasteiger partial charge in [-0.2, -0.15) is 0 Å². The number of nitrogens with two attached hydrogens (primary N) is 1. The molecule has 0 spiro atoms. The van der Waals surface area contributed by atoms with Crippen LogP contribution in [0.1, 0.15) is 39.0 Å². The van der Waals surface area contributed by atoms with Gasteiger partial charge >= 0.3 is 0 Å². The summed E-state index contributed by atoms with van der Waals surface area (Å²) < 4.78 is 0. The molecule has 1 aromatic carbocycles. The Balaban J connectivity index is 1.62. The van der Waals surface area contributed by atoms with Gasteiger partial charge in [-0.25, -0.2) is 0 Å². The summed E-state index contributed by atoms with van der Waals surface area (Å²) in [6.45, 7) is 4.10. The molecule has 114 valence electrons. The zero-order chi connectivity index (χ0) is 14.9. The minimum atomic E-state index is -0.745. The van der Waals surface area contributed by atoms with Crippen LogP contribution in [0.2, 0.25) is 0 Å². The van der Waals surface area contributed by atoms with Gasteiger partial charge in [-0.15, -0.1) is 0 Å². The Hall–Kier alpha value is -1.55. The van der Waals surface area contributed by atoms with Gasteiger partial charge in [0.1, 0.15) is 0 Å². The van der Waals surface area contributed by atoms with Gasteiger partial charge < -0.3 is 16.0 Å². The third-order valence-electron chi connectivity index (χ3n) is 4.76. The number of carbonyl (C=O) groups excluding carboxylic acids is 1. The van der Waals surface area contributed by atoms with Crippen molar-refractivity contribution in [3.05, 3.63) is 24.3 Å². The molecule has 0 bridgehead atoms. The molecule has 21 heavy (non-hydrogen) atoms. The van der Waals surface area contributed by atoms with Crippen LogP contribution in [0.25, 0.3) is 0 Å². The third kappa shape index (κ3) is 3.21. The molecule has 1 aromatic rings. The van der Waals surface area contributed by atoms with Crippen LogP contribution in [0, 0.1) is 5.92 Å². The highest BCUT2D eigenvalue weighted by atomic mass is 16.2. The number of amides is 1. The van der Waals surface area contributed by atoms with Gasteiger partial charge in [0.05, 0.1) is 5.54 Å². The van der Waals surface area contributed by atoms with E-state index >= 15 is 0 Å². The molecule has 4 nitrogen and oxygen atoms in total. The lowest BCUT2D eigenvalue weighted by Crippen LogP contribution is -2.50. The first kappa shape index (κ1) is 14.4. The number of rotatable bonds is 4. The van der Waals surface area contributed by atoms with Gasteiger partial charge in [0.15, 0.2) is 0 Å². The van der Waals surface area contributed by atoms with E-state index in [1.165, 1.54) is 24.9 Å². The van der Waals surface area contributed by atoms with E-state index in [2.05, 4.69) is 22.3 Å². The summed E-state index contributed by atoms with van der Waals surface area (Å²) in [7, 11) is 0. The highest BCUT2D eigenvalue weighted by molar-refractivity contribution is 5.98. The Bertz CT molecular complexity index is 499. The molecule has 1 aliphatic carbocycles. The molecular formula is C17H25N3O. The van der Waals surface area contributed by atoms with E-state index in [4.69, 9.17) is 5.73 Å². The third-order valence-corrected chi connectivity index (χ3v) is 4.76. The van der Waals surface area contributed by atoms with Crippen molar-refractivity contribution in [1.29, 1.82) is 0 Å². The quantitative estimate of drug-likeness (QED) is 0.895. The average Bonchev–Trinajstić information content (AvgIpc) is 3.34. The van der Waals surface area contributed by atoms with Crippen LogP contribution in [-0.4, -0.2) is 24.5 Å². The molecule has 1 saturated heterocycles. The molecule has 1 heterocycles. The van der Waals surface area contributed by atoms with E-state index in [-0.39, 0.29) is 5.91 Å². The summed E-state index contributed by atoms with van der Waals surface area (Å²) >= 11 is 0. The Morgan fingerprint density at radius 3 is 2.38 bits per heavy atom. The van der Waals surface area contributed by atoms with E-state index in [1.54, 1.807) is 0 Å². The molecule has 4 heteroatoms. The molecule has 2 aliphatic rings. The Labute approximate surface area is 126 Å². The molecule has 1 amide bonds. The maximum atomic E-state index is 12.3. The van der Waals surface area contributed by atoms with Gasteiger partial charge in [-0.3, -0.25) is 4.79 Å². The van der Waals surface area contributed by atoms with Crippen LogP contribution < -0.4 is 16.0 Å². The summed E-state index contributed by atoms with van der Waals surface area (Å²) in [5.41, 5.74) is 7.47. The second-order valence-corrected chi connectivity index (χ2v) is 6.61. The number of carbonyl (C=O) groups is 1. The van der Waals surface area contributed by atoms with Crippen LogP contribution in [0.3, 0.4) is 0 Å². The molecule has 3 N–H and O–H groups in total. The van der Waals surface area contributed by atoms with Crippen molar-refractivity contribution >= 4 is 17.3 Å². The van der Waals surface area contributed by atoms with Crippen molar-refractivity contribution in [2.45, 2.75) is 44.6 Å². The number of benzene rings is 1. The number of nitrogens with zero attached hydrogens (tertiary/aromatic N) is 1. The SMILES string of the molecule is CC(N)(C(=O)Nc1ccc(N2CCCCC2)cc1)C1CC1. The highest BCUT2D eigenvalue weighted by Gasteiger charge is 2.44. The molecule has 1 aliphatic heterocycles. The molecule has 3 rings (SSSR count). The molecule has 2 fully saturated rings. The highest BCUT2D eigenvalue weighted by Crippen LogP contribution is 2.38. The van der Waals surface area contributed by atoms with Crippen LogP contribution in [0.5, 0.6) is 0 Å². The predicted molar refractivity (Wildman–Crippen MR) is 86.5 cm³/mol. The maximum absolute atomic E-state index is 12.3. The number of hydrogen-bond donors (Lipinski definition) is 2. The molecular weight excluding hydrogens is 262 g/mol. The van der Waals surface area contributed by atoms with Gasteiger partial charge in [0.2, 0.25) is 5.91 Å². The van der Waals surface area contributed by atoms with Crippen LogP contribution in [0.4, 0.5) is 11.4 Å². The number of anilines is 2. The molecule has 1 unspecified atom stereocenters. The van der Waals surface area contributed by atoms with Gasteiger partial charge in [0, 0.05) is 24.5 Å². The van der Waals surface area contributed by atoms with E-state index in [0.717, 1.165) is 31.6 Å². The van der Waals surface area contributed by atoms with Crippen LogP contribution in [-0.2, 0) is 4.79 Å². The second-order valence-electron chi connectivity index (χ2n) is 6.61. The summed E-state index contributed by atoms with van der Waals surface area (Å²) in [4.78, 5) is 14.7. The molecule has 1 atom stereocenters. The normalized spacial score (nSPS) is 21.7. The fourth-order valence-corrected chi connectivity index (χ4v) is 3.04. The van der Waals surface area contributed by atoms with Crippen molar-refractivity contribution in [3.8, 4) is 0 Å². The van der Waals surface area contributed by atoms with Gasteiger partial charge in [-0.05, 0) is 69.2 Å². The summed E-state index contributed by atoms with van der Waals surface area (Å²) in [6, 6.07) is 8.13. The molecule has 0 radical (unpaired) electrons. The fourth-order valence-electron chi connectivity index (χ4n) is 3.04. The number of hydrogen-bond acceptors (Lipinski definition) is 3. The van der Waals surface area contributed by atoms with E-state index in [0.29, 0.717) is 5.92 Å². The largest absolute Gasteiger partial charge is 0.372 e. The van der Waals surface area contributed by atoms with Crippen molar-refractivity contribution < 1.29 is 4.79 Å². The topological polar surface area (TPSA) is 58.4 Å². The fraction of sp³-hybridized carbons (Fsp3) is 0.588. The lowest BCUT2D eigenvalue weighted by atomic mass is 9.96. The minimum Gasteiger partial charge on any atom is -0.372 e. The van der Waals surface area contributed by atoms with Crippen LogP contribution in [0.15, 0.2) is 24.3 Å². The predicted octanol–water partition coefficient (Wildman–Crippen LogP) is 2.74. The van der Waals surface area contributed by atoms with E-state index in [1.807, 2.05) is 19.1 Å². The van der Waals surface area contributed by atoms with Crippen molar-refractivity contribution in [1.82, 2.24) is 0 Å². The van der Waals surface area contributed by atoms with Gasteiger partial charge in [0.25, 0.3) is 0 Å². The Kier molecular flexibility index (Phi) is 3.89. The Morgan fingerprint density at radius 1 is 1.19 bits per heavy atom. The molecule has 0 aromatic heterocycles. The lowest BCUT2D eigenvalue weighted by molar-refractivity contribution is -0.121. The minimum absolute atomic E-state index is 0.0734. The smallest absolute Gasteiger partial charge is 0.244 e. The number of piperidine rings is 1. The van der Waals surface area contributed by atoms with Gasteiger partial charge in [-0.1, -0.05) is 0 Å². The first-order valence-corrected chi connectivity index (χ1v) is 8.03. The zero-order valence-corrected chi connectivity index (χ0v) is 12.8. The first-order chi connectivity index (χ1) is 10.1. The second kappa shape index (κ2) is 5.68.